The van der Waals surface area contributed by atoms with Gasteiger partial charge in [-0.1, -0.05) is 13.8 Å². The molecule has 0 saturated heterocycles. The average molecular weight is 494 g/mol. The van der Waals surface area contributed by atoms with Crippen LogP contribution in [0.5, 0.6) is 17.2 Å². The lowest BCUT2D eigenvalue weighted by molar-refractivity contribution is 0.102. The summed E-state index contributed by atoms with van der Waals surface area (Å²) < 4.78 is 38.9. The lowest BCUT2D eigenvalue weighted by Gasteiger charge is -2.20. The summed E-state index contributed by atoms with van der Waals surface area (Å²) in [6.07, 6.45) is 0. The second-order valence-electron chi connectivity index (χ2n) is 7.40. The third kappa shape index (κ3) is 6.18. The summed E-state index contributed by atoms with van der Waals surface area (Å²) in [5, 5.41) is 11.7. The molecule has 0 saturated carbocycles. The number of nitrogens with zero attached hydrogens (tertiary/aromatic N) is 2. The van der Waals surface area contributed by atoms with Gasteiger partial charge in [-0.3, -0.25) is 4.79 Å². The molecule has 0 aromatic heterocycles. The van der Waals surface area contributed by atoms with E-state index in [0.717, 1.165) is 0 Å². The second kappa shape index (κ2) is 11.5. The summed E-state index contributed by atoms with van der Waals surface area (Å²) in [4.78, 5) is 13.0. The number of amides is 1. The number of nitrogens with one attached hydrogen (secondary N) is 1. The highest BCUT2D eigenvalue weighted by molar-refractivity contribution is 7.89. The molecule has 0 aliphatic rings. The molecule has 0 unspecified atom stereocenters. The van der Waals surface area contributed by atoms with E-state index in [1.54, 1.807) is 38.1 Å². The Labute approximate surface area is 205 Å². The van der Waals surface area contributed by atoms with Crippen molar-refractivity contribution >= 4 is 21.6 Å². The summed E-state index contributed by atoms with van der Waals surface area (Å²) in [7, 11) is -3.76. The fourth-order valence-corrected chi connectivity index (χ4v) is 4.84. The predicted molar refractivity (Wildman–Crippen MR) is 133 cm³/mol. The molecule has 8 nitrogen and oxygen atoms in total. The normalized spacial score (nSPS) is 11.1. The molecule has 0 aliphatic carbocycles. The van der Waals surface area contributed by atoms with Gasteiger partial charge in [0.25, 0.3) is 5.91 Å². The van der Waals surface area contributed by atoms with E-state index in [1.165, 1.54) is 46.8 Å². The Morgan fingerprint density at radius 1 is 0.943 bits per heavy atom. The highest BCUT2D eigenvalue weighted by atomic mass is 32.2. The van der Waals surface area contributed by atoms with Crippen LogP contribution < -0.4 is 14.8 Å². The molecule has 0 aliphatic heterocycles. The Morgan fingerprint density at radius 2 is 1.57 bits per heavy atom. The molecule has 3 aromatic carbocycles. The Balaban J connectivity index is 1.98. The molecule has 1 N–H and O–H groups in total. The van der Waals surface area contributed by atoms with Crippen LogP contribution in [-0.2, 0) is 10.0 Å². The molecule has 0 fully saturated rings. The summed E-state index contributed by atoms with van der Waals surface area (Å²) in [5.74, 6) is 0.981. The number of carbonyl (C=O) groups excluding carboxylic acids is 1. The molecule has 0 bridgehead atoms. The van der Waals surface area contributed by atoms with E-state index in [2.05, 4.69) is 5.32 Å². The van der Waals surface area contributed by atoms with Gasteiger partial charge in [-0.05, 0) is 73.7 Å². The number of sulfonamides is 1. The van der Waals surface area contributed by atoms with Crippen LogP contribution in [0.1, 0.15) is 36.7 Å². The Kier molecular flexibility index (Phi) is 8.47. The summed E-state index contributed by atoms with van der Waals surface area (Å²) in [6.45, 7) is 6.58. The average Bonchev–Trinajstić information content (AvgIpc) is 2.87. The van der Waals surface area contributed by atoms with Crippen molar-refractivity contribution in [2.45, 2.75) is 25.7 Å². The molecule has 0 heterocycles. The number of hydrogen-bond donors (Lipinski definition) is 1. The van der Waals surface area contributed by atoms with Crippen molar-refractivity contribution in [3.8, 4) is 23.3 Å². The lowest BCUT2D eigenvalue weighted by atomic mass is 10.1. The molecule has 182 valence electrons. The maximum Gasteiger partial charge on any atom is 0.255 e. The highest BCUT2D eigenvalue weighted by Crippen LogP contribution is 2.34. The number of anilines is 1. The van der Waals surface area contributed by atoms with E-state index >= 15 is 0 Å². The number of benzene rings is 3. The van der Waals surface area contributed by atoms with Crippen molar-refractivity contribution in [1.29, 1.82) is 5.26 Å². The van der Waals surface area contributed by atoms with Crippen molar-refractivity contribution in [1.82, 2.24) is 4.31 Å². The van der Waals surface area contributed by atoms with Gasteiger partial charge in [-0.15, -0.1) is 0 Å². The standard InChI is InChI=1S/C26H27N3O5S/c1-4-29(5-2)35(31,32)23-15-16-25(34-22-13-11-21(12-14-22)33-6-3)24(17-23)28-26(30)20-9-7-19(18-27)8-10-20/h7-17H,4-6H2,1-3H3,(H,28,30). The molecule has 1 amide bonds. The third-order valence-electron chi connectivity index (χ3n) is 5.18. The molecular weight excluding hydrogens is 466 g/mol. The largest absolute Gasteiger partial charge is 0.494 e. The predicted octanol–water partition coefficient (Wildman–Crippen LogP) is 5.03. The fraction of sp³-hybridized carbons (Fsp3) is 0.231. The maximum atomic E-state index is 13.1. The molecular formula is C26H27N3O5S. The number of nitriles is 1. The van der Waals surface area contributed by atoms with Crippen molar-refractivity contribution < 1.29 is 22.7 Å². The number of rotatable bonds is 10. The zero-order valence-corrected chi connectivity index (χ0v) is 20.6. The van der Waals surface area contributed by atoms with Crippen LogP contribution in [0.15, 0.2) is 71.6 Å². The second-order valence-corrected chi connectivity index (χ2v) is 9.33. The fourth-order valence-electron chi connectivity index (χ4n) is 3.36. The molecule has 3 rings (SSSR count). The van der Waals surface area contributed by atoms with Crippen LogP contribution in [-0.4, -0.2) is 38.3 Å². The summed E-state index contributed by atoms with van der Waals surface area (Å²) in [5.41, 5.74) is 0.933. The minimum absolute atomic E-state index is 0.0374. The summed E-state index contributed by atoms with van der Waals surface area (Å²) in [6, 6.07) is 19.4. The van der Waals surface area contributed by atoms with Gasteiger partial charge in [0, 0.05) is 18.7 Å². The first-order chi connectivity index (χ1) is 16.8. The van der Waals surface area contributed by atoms with E-state index in [0.29, 0.717) is 42.3 Å². The first-order valence-corrected chi connectivity index (χ1v) is 12.6. The quantitative estimate of drug-likeness (QED) is 0.424. The third-order valence-corrected chi connectivity index (χ3v) is 7.23. The van der Waals surface area contributed by atoms with Gasteiger partial charge in [0.2, 0.25) is 10.0 Å². The molecule has 0 radical (unpaired) electrons. The van der Waals surface area contributed by atoms with Gasteiger partial charge in [-0.25, -0.2) is 8.42 Å². The van der Waals surface area contributed by atoms with Crippen LogP contribution in [0.2, 0.25) is 0 Å². The molecule has 9 heteroatoms. The Bertz CT molecular complexity index is 1310. The Morgan fingerprint density at radius 3 is 2.14 bits per heavy atom. The highest BCUT2D eigenvalue weighted by Gasteiger charge is 2.24. The van der Waals surface area contributed by atoms with Gasteiger partial charge in [-0.2, -0.15) is 9.57 Å². The van der Waals surface area contributed by atoms with Crippen molar-refractivity contribution in [3.05, 3.63) is 77.9 Å². The van der Waals surface area contributed by atoms with Gasteiger partial charge in [0.15, 0.2) is 5.75 Å². The SMILES string of the molecule is CCOc1ccc(Oc2ccc(S(=O)(=O)N(CC)CC)cc2NC(=O)c2ccc(C#N)cc2)cc1. The van der Waals surface area contributed by atoms with Crippen LogP contribution in [0.3, 0.4) is 0 Å². The monoisotopic (exact) mass is 493 g/mol. The molecule has 3 aromatic rings. The van der Waals surface area contributed by atoms with E-state index in [4.69, 9.17) is 14.7 Å². The van der Waals surface area contributed by atoms with Crippen LogP contribution in [0.25, 0.3) is 0 Å². The zero-order chi connectivity index (χ0) is 25.4. The Hall–Kier alpha value is -3.87. The number of carbonyl (C=O) groups is 1. The van der Waals surface area contributed by atoms with Gasteiger partial charge >= 0.3 is 0 Å². The maximum absolute atomic E-state index is 13.1. The van der Waals surface area contributed by atoms with Gasteiger partial charge in [0.05, 0.1) is 28.8 Å². The molecule has 35 heavy (non-hydrogen) atoms. The van der Waals surface area contributed by atoms with Crippen molar-refractivity contribution in [2.24, 2.45) is 0 Å². The number of hydrogen-bond acceptors (Lipinski definition) is 6. The smallest absolute Gasteiger partial charge is 0.255 e. The van der Waals surface area contributed by atoms with E-state index in [9.17, 15) is 13.2 Å². The van der Waals surface area contributed by atoms with E-state index < -0.39 is 15.9 Å². The minimum Gasteiger partial charge on any atom is -0.494 e. The lowest BCUT2D eigenvalue weighted by Crippen LogP contribution is -2.30. The summed E-state index contributed by atoms with van der Waals surface area (Å²) >= 11 is 0. The zero-order valence-electron chi connectivity index (χ0n) is 19.8. The molecule has 0 atom stereocenters. The van der Waals surface area contributed by atoms with E-state index in [-0.39, 0.29) is 16.3 Å². The van der Waals surface area contributed by atoms with Crippen LogP contribution in [0.4, 0.5) is 5.69 Å². The number of ether oxygens (including phenoxy) is 2. The minimum atomic E-state index is -3.76. The first-order valence-electron chi connectivity index (χ1n) is 11.2. The van der Waals surface area contributed by atoms with Gasteiger partial charge in [0.1, 0.15) is 11.5 Å². The van der Waals surface area contributed by atoms with Crippen molar-refractivity contribution in [2.75, 3.05) is 25.0 Å². The van der Waals surface area contributed by atoms with Crippen LogP contribution >= 0.6 is 0 Å². The van der Waals surface area contributed by atoms with Crippen molar-refractivity contribution in [3.63, 3.8) is 0 Å². The topological polar surface area (TPSA) is 109 Å². The van der Waals surface area contributed by atoms with Gasteiger partial charge < -0.3 is 14.8 Å². The van der Waals surface area contributed by atoms with Crippen LogP contribution in [0, 0.1) is 11.3 Å². The first kappa shape index (κ1) is 25.7. The molecule has 0 spiro atoms. The van der Waals surface area contributed by atoms with E-state index in [1.807, 2.05) is 13.0 Å².